The van der Waals surface area contributed by atoms with E-state index in [0.717, 1.165) is 23.9 Å². The maximum atomic E-state index is 4.05. The molecular formula is C14H20BrN. The van der Waals surface area contributed by atoms with Crippen molar-refractivity contribution in [3.63, 3.8) is 0 Å². The van der Waals surface area contributed by atoms with E-state index >= 15 is 0 Å². The minimum atomic E-state index is 0.390. The van der Waals surface area contributed by atoms with Crippen molar-refractivity contribution in [1.29, 1.82) is 0 Å². The molecule has 1 aromatic rings. The van der Waals surface area contributed by atoms with Crippen LogP contribution < -0.4 is 5.32 Å². The molecule has 1 aromatic carbocycles. The maximum absolute atomic E-state index is 4.05. The molecule has 1 atom stereocenters. The first-order valence-electron chi connectivity index (χ1n) is 5.76. The van der Waals surface area contributed by atoms with Gasteiger partial charge in [-0.15, -0.1) is 0 Å². The van der Waals surface area contributed by atoms with Crippen molar-refractivity contribution in [2.75, 3.05) is 6.54 Å². The Morgan fingerprint density at radius 3 is 2.50 bits per heavy atom. The number of hydrogen-bond acceptors (Lipinski definition) is 1. The molecule has 0 aromatic heterocycles. The molecule has 0 saturated carbocycles. The van der Waals surface area contributed by atoms with Crippen LogP contribution in [0.15, 0.2) is 40.9 Å². The van der Waals surface area contributed by atoms with Crippen molar-refractivity contribution < 1.29 is 0 Å². The highest BCUT2D eigenvalue weighted by molar-refractivity contribution is 9.10. The number of rotatable bonds is 6. The summed E-state index contributed by atoms with van der Waals surface area (Å²) in [7, 11) is 0. The van der Waals surface area contributed by atoms with Crippen molar-refractivity contribution in [2.24, 2.45) is 0 Å². The summed E-state index contributed by atoms with van der Waals surface area (Å²) in [5.74, 6) is 0. The van der Waals surface area contributed by atoms with Gasteiger partial charge in [0, 0.05) is 10.5 Å². The molecule has 2 heteroatoms. The molecule has 1 rings (SSSR count). The summed E-state index contributed by atoms with van der Waals surface area (Å²) in [6.45, 7) is 9.37. The van der Waals surface area contributed by atoms with Crippen molar-refractivity contribution in [1.82, 2.24) is 5.32 Å². The van der Waals surface area contributed by atoms with Crippen molar-refractivity contribution in [3.05, 3.63) is 46.5 Å². The zero-order valence-corrected chi connectivity index (χ0v) is 11.7. The Balaban J connectivity index is 2.60. The lowest BCUT2D eigenvalue weighted by molar-refractivity contribution is 0.564. The van der Waals surface area contributed by atoms with E-state index < -0.39 is 0 Å². The smallest absolute Gasteiger partial charge is 0.0314 e. The highest BCUT2D eigenvalue weighted by Crippen LogP contribution is 2.13. The first kappa shape index (κ1) is 13.5. The van der Waals surface area contributed by atoms with Crippen LogP contribution in [0.3, 0.4) is 0 Å². The Labute approximate surface area is 107 Å². The summed E-state index contributed by atoms with van der Waals surface area (Å²) < 4.78 is 1.13. The fourth-order valence-electron chi connectivity index (χ4n) is 1.60. The Hall–Kier alpha value is -0.600. The summed E-state index contributed by atoms with van der Waals surface area (Å²) in [6, 6.07) is 8.89. The highest BCUT2D eigenvalue weighted by Gasteiger charge is 2.08. The predicted molar refractivity (Wildman–Crippen MR) is 74.7 cm³/mol. The van der Waals surface area contributed by atoms with Crippen molar-refractivity contribution >= 4 is 15.9 Å². The van der Waals surface area contributed by atoms with Gasteiger partial charge in [0.2, 0.25) is 0 Å². The molecule has 16 heavy (non-hydrogen) atoms. The monoisotopic (exact) mass is 281 g/mol. The molecule has 0 saturated heterocycles. The minimum absolute atomic E-state index is 0.390. The molecule has 0 aliphatic rings. The van der Waals surface area contributed by atoms with Crippen LogP contribution in [0.25, 0.3) is 0 Å². The largest absolute Gasteiger partial charge is 0.310 e. The second kappa shape index (κ2) is 6.87. The summed E-state index contributed by atoms with van der Waals surface area (Å²) in [4.78, 5) is 0. The Bertz CT molecular complexity index is 329. The van der Waals surface area contributed by atoms with Crippen LogP contribution in [0, 0.1) is 0 Å². The van der Waals surface area contributed by atoms with E-state index in [1.165, 1.54) is 11.1 Å². The lowest BCUT2D eigenvalue weighted by Crippen LogP contribution is -2.32. The molecule has 1 N–H and O–H groups in total. The molecule has 0 radical (unpaired) electrons. The summed E-state index contributed by atoms with van der Waals surface area (Å²) in [6.07, 6.45) is 2.17. The summed E-state index contributed by atoms with van der Waals surface area (Å²) in [5.41, 5.74) is 2.55. The van der Waals surface area contributed by atoms with E-state index in [4.69, 9.17) is 0 Å². The second-order valence-corrected chi connectivity index (χ2v) is 5.10. The number of halogens is 1. The van der Waals surface area contributed by atoms with Crippen molar-refractivity contribution in [3.8, 4) is 0 Å². The first-order valence-corrected chi connectivity index (χ1v) is 6.56. The van der Waals surface area contributed by atoms with Gasteiger partial charge in [-0.25, -0.2) is 0 Å². The van der Waals surface area contributed by atoms with E-state index in [1.807, 2.05) is 0 Å². The van der Waals surface area contributed by atoms with Gasteiger partial charge >= 0.3 is 0 Å². The zero-order chi connectivity index (χ0) is 12.0. The fraction of sp³-hybridized carbons (Fsp3) is 0.429. The van der Waals surface area contributed by atoms with Crippen LogP contribution >= 0.6 is 15.9 Å². The van der Waals surface area contributed by atoms with Crippen LogP contribution in [0.5, 0.6) is 0 Å². The van der Waals surface area contributed by atoms with E-state index in [1.54, 1.807) is 0 Å². The molecule has 0 spiro atoms. The van der Waals surface area contributed by atoms with Gasteiger partial charge in [0.25, 0.3) is 0 Å². The Kier molecular flexibility index (Phi) is 5.78. The lowest BCUT2D eigenvalue weighted by atomic mass is 10.0. The third-order valence-electron chi connectivity index (χ3n) is 2.59. The Morgan fingerprint density at radius 1 is 1.38 bits per heavy atom. The van der Waals surface area contributed by atoms with Gasteiger partial charge in [0.1, 0.15) is 0 Å². The molecule has 0 aliphatic carbocycles. The third kappa shape index (κ3) is 4.50. The van der Waals surface area contributed by atoms with E-state index in [0.29, 0.717) is 6.04 Å². The van der Waals surface area contributed by atoms with Crippen molar-refractivity contribution in [2.45, 2.75) is 32.7 Å². The first-order chi connectivity index (χ1) is 7.63. The van der Waals surface area contributed by atoms with Crippen LogP contribution in [0.4, 0.5) is 0 Å². The number of hydrogen-bond donors (Lipinski definition) is 1. The average Bonchev–Trinajstić information content (AvgIpc) is 2.26. The van der Waals surface area contributed by atoms with E-state index in [9.17, 15) is 0 Å². The van der Waals surface area contributed by atoms with E-state index in [2.05, 4.69) is 65.9 Å². The highest BCUT2D eigenvalue weighted by atomic mass is 79.9. The second-order valence-electron chi connectivity index (χ2n) is 4.18. The summed E-state index contributed by atoms with van der Waals surface area (Å²) in [5, 5.41) is 3.52. The van der Waals surface area contributed by atoms with E-state index in [-0.39, 0.29) is 0 Å². The van der Waals surface area contributed by atoms with Crippen LogP contribution in [-0.4, -0.2) is 12.6 Å². The quantitative estimate of drug-likeness (QED) is 0.779. The summed E-state index contributed by atoms with van der Waals surface area (Å²) >= 11 is 3.45. The third-order valence-corrected chi connectivity index (χ3v) is 3.12. The molecule has 0 fully saturated rings. The molecule has 1 unspecified atom stereocenters. The Morgan fingerprint density at radius 2 is 2.00 bits per heavy atom. The van der Waals surface area contributed by atoms with Gasteiger partial charge in [-0.2, -0.15) is 0 Å². The molecule has 88 valence electrons. The van der Waals surface area contributed by atoms with Crippen LogP contribution in [0.1, 0.15) is 25.8 Å². The molecule has 0 heterocycles. The van der Waals surface area contributed by atoms with Gasteiger partial charge in [0.05, 0.1) is 0 Å². The van der Waals surface area contributed by atoms with Gasteiger partial charge in [-0.3, -0.25) is 0 Å². The maximum Gasteiger partial charge on any atom is 0.0314 e. The normalized spacial score (nSPS) is 12.4. The average molecular weight is 282 g/mol. The van der Waals surface area contributed by atoms with Gasteiger partial charge in [0.15, 0.2) is 0 Å². The standard InChI is InChI=1S/C14H20BrN/c1-4-9-16-14(11(2)3)10-12-5-7-13(15)8-6-12/h5-8,14,16H,2,4,9-10H2,1,3H3. The molecule has 0 aliphatic heterocycles. The van der Waals surface area contributed by atoms with Crippen LogP contribution in [-0.2, 0) is 6.42 Å². The molecular weight excluding hydrogens is 262 g/mol. The molecule has 0 bridgehead atoms. The number of benzene rings is 1. The predicted octanol–water partition coefficient (Wildman–Crippen LogP) is 3.94. The lowest BCUT2D eigenvalue weighted by Gasteiger charge is -2.18. The van der Waals surface area contributed by atoms with Gasteiger partial charge < -0.3 is 5.32 Å². The molecule has 0 amide bonds. The SMILES string of the molecule is C=C(C)C(Cc1ccc(Br)cc1)NCCC. The van der Waals surface area contributed by atoms with Gasteiger partial charge in [-0.1, -0.05) is 47.1 Å². The zero-order valence-electron chi connectivity index (χ0n) is 10.1. The number of nitrogens with one attached hydrogen (secondary N) is 1. The van der Waals surface area contributed by atoms with Crippen LogP contribution in [0.2, 0.25) is 0 Å². The molecule has 1 nitrogen and oxygen atoms in total. The topological polar surface area (TPSA) is 12.0 Å². The fourth-order valence-corrected chi connectivity index (χ4v) is 1.86. The van der Waals surface area contributed by atoms with Gasteiger partial charge in [-0.05, 0) is 44.0 Å². The minimum Gasteiger partial charge on any atom is -0.310 e.